The molecular formula is C39H46F3N5O9S. The number of halogens is 3. The van der Waals surface area contributed by atoms with Crippen molar-refractivity contribution >= 4 is 44.7 Å². The Morgan fingerprint density at radius 1 is 1.02 bits per heavy atom. The molecule has 57 heavy (non-hydrogen) atoms. The molecule has 4 amide bonds. The number of hydrogen-bond donors (Lipinski definition) is 3. The van der Waals surface area contributed by atoms with E-state index < -0.39 is 80.0 Å². The molecule has 1 aliphatic heterocycles. The second-order valence-corrected chi connectivity index (χ2v) is 17.7. The summed E-state index contributed by atoms with van der Waals surface area (Å²) in [6.45, 7) is 13.4. The number of aromatic nitrogens is 1. The number of benzene rings is 2. The molecule has 18 heteroatoms. The minimum absolute atomic E-state index is 0.182. The number of nitrogens with zero attached hydrogens (tertiary/aromatic N) is 2. The van der Waals surface area contributed by atoms with Crippen LogP contribution in [-0.4, -0.2) is 90.6 Å². The first kappa shape index (κ1) is 42.7. The normalized spacial score (nSPS) is 21.6. The standard InChI is InChI=1S/C39H46F3N5O9S/c1-9-23-20-38(23,34(50)46-57(52,53)39(40,41)42)45-32(48)29-18-25(21-47(29)33(49)31(36(2,3)4)44-35(51)56-37(5,6)7)55-30-19-27(22-13-11-10-12-14-22)43-28-17-24(54-8)15-16-26(28)30/h9-17,19,23,25,29,31H,1,18,20-21H2,2-8H3,(H,44,51)(H,45,48)(H,46,50)/t23?,25-,29+,31-,38?/m1/s1. The SMILES string of the molecule is C=CC1CC1(NC(=O)[C@@H]1C[C@@H](Oc2cc(-c3ccccc3)nc3cc(OC)ccc23)CN1C(=O)[C@@H](NC(=O)OC(C)(C)C)C(C)(C)C)C(=O)NS(=O)(=O)C(F)(F)F. The molecule has 0 bridgehead atoms. The summed E-state index contributed by atoms with van der Waals surface area (Å²) >= 11 is 0. The van der Waals surface area contributed by atoms with Gasteiger partial charge in [0.25, 0.3) is 5.91 Å². The number of likely N-dealkylation sites (tertiary alicyclic amines) is 1. The maximum Gasteiger partial charge on any atom is 0.516 e. The summed E-state index contributed by atoms with van der Waals surface area (Å²) in [6, 6.07) is 13.5. The van der Waals surface area contributed by atoms with Crippen LogP contribution < -0.4 is 24.8 Å². The fourth-order valence-corrected chi connectivity index (χ4v) is 7.10. The van der Waals surface area contributed by atoms with E-state index in [-0.39, 0.29) is 19.4 Å². The van der Waals surface area contributed by atoms with Crippen molar-refractivity contribution in [2.24, 2.45) is 11.3 Å². The van der Waals surface area contributed by atoms with E-state index in [1.54, 1.807) is 65.8 Å². The van der Waals surface area contributed by atoms with Crippen molar-refractivity contribution in [3.05, 3.63) is 67.3 Å². The monoisotopic (exact) mass is 817 g/mol. The van der Waals surface area contributed by atoms with Crippen LogP contribution >= 0.6 is 0 Å². The highest BCUT2D eigenvalue weighted by Crippen LogP contribution is 2.46. The zero-order valence-corrected chi connectivity index (χ0v) is 33.3. The van der Waals surface area contributed by atoms with E-state index >= 15 is 0 Å². The summed E-state index contributed by atoms with van der Waals surface area (Å²) in [4.78, 5) is 61.0. The van der Waals surface area contributed by atoms with E-state index in [2.05, 4.69) is 17.2 Å². The molecule has 1 saturated carbocycles. The molecule has 2 heterocycles. The first-order valence-electron chi connectivity index (χ1n) is 18.0. The van der Waals surface area contributed by atoms with Gasteiger partial charge in [-0.05, 0) is 44.7 Å². The van der Waals surface area contributed by atoms with Crippen molar-refractivity contribution in [2.45, 2.75) is 89.2 Å². The van der Waals surface area contributed by atoms with Gasteiger partial charge >= 0.3 is 21.6 Å². The van der Waals surface area contributed by atoms with Gasteiger partial charge in [0.05, 0.1) is 24.9 Å². The fourth-order valence-electron chi connectivity index (χ4n) is 6.56. The van der Waals surface area contributed by atoms with Crippen molar-refractivity contribution in [3.63, 3.8) is 0 Å². The van der Waals surface area contributed by atoms with Gasteiger partial charge in [-0.15, -0.1) is 6.58 Å². The molecule has 1 aliphatic carbocycles. The van der Waals surface area contributed by atoms with Crippen LogP contribution in [0.4, 0.5) is 18.0 Å². The molecule has 0 spiro atoms. The number of alkyl halides is 3. The number of sulfonamides is 1. The van der Waals surface area contributed by atoms with Crippen LogP contribution in [0.1, 0.15) is 54.4 Å². The quantitative estimate of drug-likeness (QED) is 0.217. The van der Waals surface area contributed by atoms with Crippen molar-refractivity contribution in [1.82, 2.24) is 25.2 Å². The number of nitrogens with one attached hydrogen (secondary N) is 3. The van der Waals surface area contributed by atoms with Crippen molar-refractivity contribution in [3.8, 4) is 22.8 Å². The third-order valence-corrected chi connectivity index (χ3v) is 10.6. The largest absolute Gasteiger partial charge is 0.516 e. The first-order valence-corrected chi connectivity index (χ1v) is 19.5. The van der Waals surface area contributed by atoms with Gasteiger partial charge in [0.1, 0.15) is 40.8 Å². The molecule has 1 aromatic heterocycles. The minimum Gasteiger partial charge on any atom is -0.497 e. The number of carbonyl (C=O) groups excluding carboxylic acids is 4. The number of rotatable bonds is 11. The predicted octanol–water partition coefficient (Wildman–Crippen LogP) is 5.22. The van der Waals surface area contributed by atoms with Gasteiger partial charge in [-0.25, -0.2) is 14.5 Å². The number of ether oxygens (including phenoxy) is 3. The molecule has 2 aromatic carbocycles. The third-order valence-electron chi connectivity index (χ3n) is 9.55. The summed E-state index contributed by atoms with van der Waals surface area (Å²) in [6.07, 6.45) is -1.03. The molecular weight excluding hydrogens is 772 g/mol. The lowest BCUT2D eigenvalue weighted by Crippen LogP contribution is -2.60. The highest BCUT2D eigenvalue weighted by Gasteiger charge is 2.63. The van der Waals surface area contributed by atoms with Crippen molar-refractivity contribution < 1.29 is 55.0 Å². The van der Waals surface area contributed by atoms with Crippen LogP contribution in [0.15, 0.2) is 67.3 Å². The predicted molar refractivity (Wildman–Crippen MR) is 203 cm³/mol. The number of carbonyl (C=O) groups is 4. The molecule has 3 aromatic rings. The number of hydrogen-bond acceptors (Lipinski definition) is 10. The van der Waals surface area contributed by atoms with E-state index in [1.807, 2.05) is 30.3 Å². The van der Waals surface area contributed by atoms with Crippen LogP contribution in [0.5, 0.6) is 11.5 Å². The lowest BCUT2D eigenvalue weighted by Gasteiger charge is -2.36. The molecule has 2 unspecified atom stereocenters. The zero-order valence-electron chi connectivity index (χ0n) is 32.5. The Kier molecular flexibility index (Phi) is 11.6. The molecule has 308 valence electrons. The molecule has 2 fully saturated rings. The van der Waals surface area contributed by atoms with E-state index in [4.69, 9.17) is 19.2 Å². The Hall–Kier alpha value is -5.39. The average Bonchev–Trinajstić information content (AvgIpc) is 3.67. The molecule has 5 atom stereocenters. The van der Waals surface area contributed by atoms with Crippen LogP contribution in [0.25, 0.3) is 22.2 Å². The highest BCUT2D eigenvalue weighted by molar-refractivity contribution is 7.90. The average molecular weight is 818 g/mol. The maximum absolute atomic E-state index is 14.6. The van der Waals surface area contributed by atoms with Gasteiger partial charge in [0.2, 0.25) is 11.8 Å². The number of amides is 4. The first-order chi connectivity index (χ1) is 26.4. The number of methoxy groups -OCH3 is 1. The van der Waals surface area contributed by atoms with Crippen LogP contribution in [-0.2, 0) is 29.1 Å². The van der Waals surface area contributed by atoms with E-state index in [1.165, 1.54) is 18.1 Å². The van der Waals surface area contributed by atoms with E-state index in [9.17, 15) is 40.8 Å². The number of alkyl carbamates (subject to hydrolysis) is 1. The molecule has 0 radical (unpaired) electrons. The van der Waals surface area contributed by atoms with Crippen LogP contribution in [0.2, 0.25) is 0 Å². The van der Waals surface area contributed by atoms with Crippen molar-refractivity contribution in [2.75, 3.05) is 13.7 Å². The second-order valence-electron chi connectivity index (χ2n) is 16.1. The topological polar surface area (TPSA) is 182 Å². The Balaban J connectivity index is 1.53. The molecule has 1 saturated heterocycles. The van der Waals surface area contributed by atoms with Gasteiger partial charge in [-0.1, -0.05) is 57.2 Å². The lowest BCUT2D eigenvalue weighted by molar-refractivity contribution is -0.143. The molecule has 5 rings (SSSR count). The second kappa shape index (κ2) is 15.5. The van der Waals surface area contributed by atoms with Gasteiger partial charge < -0.3 is 29.7 Å². The van der Waals surface area contributed by atoms with Gasteiger partial charge in [0.15, 0.2) is 0 Å². The molecule has 3 N–H and O–H groups in total. The summed E-state index contributed by atoms with van der Waals surface area (Å²) in [5.74, 6) is -3.37. The van der Waals surface area contributed by atoms with Crippen LogP contribution in [0.3, 0.4) is 0 Å². The minimum atomic E-state index is -6.13. The lowest BCUT2D eigenvalue weighted by atomic mass is 9.85. The van der Waals surface area contributed by atoms with Gasteiger partial charge in [-0.2, -0.15) is 21.6 Å². The number of fused-ring (bicyclic) bond motifs is 1. The van der Waals surface area contributed by atoms with E-state index in [0.29, 0.717) is 28.1 Å². The fraction of sp³-hybridized carbons (Fsp3) is 0.462. The summed E-state index contributed by atoms with van der Waals surface area (Å²) in [7, 11) is -4.61. The zero-order chi connectivity index (χ0) is 42.3. The summed E-state index contributed by atoms with van der Waals surface area (Å²) in [5.41, 5.74) is -7.95. The highest BCUT2D eigenvalue weighted by atomic mass is 32.2. The summed E-state index contributed by atoms with van der Waals surface area (Å²) in [5, 5.41) is 5.63. The Morgan fingerprint density at radius 3 is 2.25 bits per heavy atom. The van der Waals surface area contributed by atoms with Crippen LogP contribution in [0, 0.1) is 11.3 Å². The summed E-state index contributed by atoms with van der Waals surface area (Å²) < 4.78 is 82.0. The Morgan fingerprint density at radius 2 is 1.68 bits per heavy atom. The molecule has 14 nitrogen and oxygen atoms in total. The Labute approximate surface area is 328 Å². The smallest absolute Gasteiger partial charge is 0.497 e. The van der Waals surface area contributed by atoms with Gasteiger partial charge in [-0.3, -0.25) is 14.4 Å². The van der Waals surface area contributed by atoms with Gasteiger partial charge in [0, 0.05) is 35.4 Å². The maximum atomic E-state index is 14.6. The number of pyridine rings is 1. The molecule has 2 aliphatic rings. The van der Waals surface area contributed by atoms with E-state index in [0.717, 1.165) is 10.3 Å². The van der Waals surface area contributed by atoms with Crippen molar-refractivity contribution in [1.29, 1.82) is 0 Å². The Bertz CT molecular complexity index is 2170. The third kappa shape index (κ3) is 9.43.